The zero-order valence-electron chi connectivity index (χ0n) is 14.0. The van der Waals surface area contributed by atoms with Crippen molar-refractivity contribution in [2.75, 3.05) is 0 Å². The SMILES string of the molecule is [2H]c1c([2H])c([2H])c(C(=C)CCc2ccccc2)c([2H])c1[2H]. The van der Waals surface area contributed by atoms with Crippen molar-refractivity contribution in [1.29, 1.82) is 0 Å². The Balaban J connectivity index is 2.28. The van der Waals surface area contributed by atoms with Crippen molar-refractivity contribution in [2.45, 2.75) is 12.8 Å². The van der Waals surface area contributed by atoms with E-state index in [4.69, 9.17) is 6.85 Å². The van der Waals surface area contributed by atoms with Crippen LogP contribution < -0.4 is 0 Å². The molecule has 0 atom stereocenters. The van der Waals surface area contributed by atoms with Gasteiger partial charge in [0.25, 0.3) is 0 Å². The van der Waals surface area contributed by atoms with Crippen LogP contribution in [0.4, 0.5) is 0 Å². The highest BCUT2D eigenvalue weighted by atomic mass is 14.0. The molecule has 2 aromatic carbocycles. The summed E-state index contributed by atoms with van der Waals surface area (Å²) >= 11 is 0. The highest BCUT2D eigenvalue weighted by molar-refractivity contribution is 5.63. The molecule has 0 heterocycles. The fourth-order valence-electron chi connectivity index (χ4n) is 1.49. The van der Waals surface area contributed by atoms with E-state index in [0.29, 0.717) is 12.0 Å². The first kappa shape index (κ1) is 6.05. The van der Waals surface area contributed by atoms with Gasteiger partial charge in [-0.1, -0.05) is 67.1 Å². The van der Waals surface area contributed by atoms with Crippen LogP contribution >= 0.6 is 0 Å². The quantitative estimate of drug-likeness (QED) is 0.709. The molecular formula is C16H16. The van der Waals surface area contributed by atoms with Gasteiger partial charge in [-0.05, 0) is 29.5 Å². The van der Waals surface area contributed by atoms with Gasteiger partial charge in [-0.15, -0.1) is 0 Å². The molecule has 0 saturated heterocycles. The van der Waals surface area contributed by atoms with Crippen molar-refractivity contribution in [1.82, 2.24) is 0 Å². The highest BCUT2D eigenvalue weighted by Gasteiger charge is 1.98. The van der Waals surface area contributed by atoms with Gasteiger partial charge in [-0.25, -0.2) is 0 Å². The maximum absolute atomic E-state index is 7.92. The number of hydrogen-bond acceptors (Lipinski definition) is 0. The lowest BCUT2D eigenvalue weighted by atomic mass is 10.00. The van der Waals surface area contributed by atoms with Crippen molar-refractivity contribution in [3.05, 3.63) is 78.2 Å². The third-order valence-corrected chi connectivity index (χ3v) is 2.41. The zero-order chi connectivity index (χ0) is 15.6. The van der Waals surface area contributed by atoms with E-state index in [9.17, 15) is 0 Å². The maximum Gasteiger partial charge on any atom is 0.0629 e. The minimum absolute atomic E-state index is 0.181. The first-order valence-electron chi connectivity index (χ1n) is 7.72. The average Bonchev–Trinajstić information content (AvgIpc) is 2.50. The van der Waals surface area contributed by atoms with Gasteiger partial charge in [0.15, 0.2) is 0 Å². The monoisotopic (exact) mass is 213 g/mol. The Kier molecular flexibility index (Phi) is 2.01. The predicted octanol–water partition coefficient (Wildman–Crippen LogP) is 4.33. The van der Waals surface area contributed by atoms with Crippen molar-refractivity contribution in [3.8, 4) is 0 Å². The third kappa shape index (κ3) is 2.83. The maximum atomic E-state index is 7.92. The Hall–Kier alpha value is -1.82. The van der Waals surface area contributed by atoms with Crippen LogP contribution in [0.25, 0.3) is 5.57 Å². The van der Waals surface area contributed by atoms with Gasteiger partial charge in [-0.2, -0.15) is 0 Å². The molecule has 0 radical (unpaired) electrons. The number of hydrogen-bond donors (Lipinski definition) is 0. The molecule has 80 valence electrons. The van der Waals surface area contributed by atoms with Gasteiger partial charge in [0, 0.05) is 0 Å². The van der Waals surface area contributed by atoms with Crippen molar-refractivity contribution in [3.63, 3.8) is 0 Å². The summed E-state index contributed by atoms with van der Waals surface area (Å²) in [5, 5.41) is 0. The van der Waals surface area contributed by atoms with Crippen molar-refractivity contribution in [2.24, 2.45) is 0 Å². The second-order valence-corrected chi connectivity index (χ2v) is 3.59. The summed E-state index contributed by atoms with van der Waals surface area (Å²) in [4.78, 5) is 0. The lowest BCUT2D eigenvalue weighted by Crippen LogP contribution is -1.87. The smallest absolute Gasteiger partial charge is 0.0629 e. The van der Waals surface area contributed by atoms with E-state index < -0.39 is 0 Å². The molecule has 16 heavy (non-hydrogen) atoms. The van der Waals surface area contributed by atoms with Crippen LogP contribution in [-0.4, -0.2) is 0 Å². The summed E-state index contributed by atoms with van der Waals surface area (Å²) in [7, 11) is 0. The van der Waals surface area contributed by atoms with E-state index in [1.165, 1.54) is 0 Å². The second kappa shape index (κ2) is 5.32. The first-order valence-corrected chi connectivity index (χ1v) is 5.22. The zero-order valence-corrected chi connectivity index (χ0v) is 9.01. The molecule has 0 nitrogen and oxygen atoms in total. The van der Waals surface area contributed by atoms with Crippen molar-refractivity contribution >= 4 is 5.57 Å². The normalized spacial score (nSPS) is 14.4. The lowest BCUT2D eigenvalue weighted by molar-refractivity contribution is 1.02. The van der Waals surface area contributed by atoms with Gasteiger partial charge in [0.1, 0.15) is 0 Å². The summed E-state index contributed by atoms with van der Waals surface area (Å²) in [5.41, 5.74) is 1.92. The standard InChI is InChI=1S/C16H16/c1-14(16-10-6-3-7-11-16)12-13-15-8-4-2-5-9-15/h2-11H,1,12-13H2/i3D,6D,7D,10D,11D. The van der Waals surface area contributed by atoms with Crippen LogP contribution in [0.2, 0.25) is 0 Å². The molecule has 0 spiro atoms. The Morgan fingerprint density at radius 1 is 1.06 bits per heavy atom. The van der Waals surface area contributed by atoms with Crippen LogP contribution in [0.1, 0.15) is 24.4 Å². The molecular weight excluding hydrogens is 192 g/mol. The van der Waals surface area contributed by atoms with E-state index >= 15 is 0 Å². The summed E-state index contributed by atoms with van der Waals surface area (Å²) in [6, 6.07) is 8.46. The lowest BCUT2D eigenvalue weighted by Gasteiger charge is -2.05. The Morgan fingerprint density at radius 3 is 2.44 bits per heavy atom. The minimum Gasteiger partial charge on any atom is -0.0952 e. The first-order chi connectivity index (χ1) is 9.93. The van der Waals surface area contributed by atoms with Gasteiger partial charge >= 0.3 is 0 Å². The van der Waals surface area contributed by atoms with Crippen LogP contribution in [0.3, 0.4) is 0 Å². The minimum atomic E-state index is -0.371. The number of benzene rings is 2. The summed E-state index contributed by atoms with van der Waals surface area (Å²) in [6.07, 6.45) is 1.28. The Bertz CT molecular complexity index is 648. The molecule has 0 heteroatoms. The van der Waals surface area contributed by atoms with Gasteiger partial charge in [0.05, 0.1) is 6.85 Å². The molecule has 0 aliphatic heterocycles. The molecule has 2 aromatic rings. The average molecular weight is 213 g/mol. The van der Waals surface area contributed by atoms with Gasteiger partial charge < -0.3 is 0 Å². The molecule has 0 bridgehead atoms. The van der Waals surface area contributed by atoms with E-state index in [-0.39, 0.29) is 35.8 Å². The molecule has 0 fully saturated rings. The fourth-order valence-corrected chi connectivity index (χ4v) is 1.49. The van der Waals surface area contributed by atoms with Crippen LogP contribution in [0, 0.1) is 0 Å². The molecule has 0 saturated carbocycles. The summed E-state index contributed by atoms with van der Waals surface area (Å²) < 4.78 is 38.8. The van der Waals surface area contributed by atoms with Gasteiger partial charge in [-0.3, -0.25) is 0 Å². The second-order valence-electron chi connectivity index (χ2n) is 3.59. The van der Waals surface area contributed by atoms with Crippen molar-refractivity contribution < 1.29 is 6.85 Å². The third-order valence-electron chi connectivity index (χ3n) is 2.41. The molecule has 0 aromatic heterocycles. The molecule has 0 unspecified atom stereocenters. The molecule has 0 N–H and O–H groups in total. The van der Waals surface area contributed by atoms with E-state index in [1.54, 1.807) is 0 Å². The van der Waals surface area contributed by atoms with E-state index in [0.717, 1.165) is 12.0 Å². The Labute approximate surface area is 104 Å². The van der Waals surface area contributed by atoms with Crippen LogP contribution in [0.5, 0.6) is 0 Å². The topological polar surface area (TPSA) is 0 Å². The summed E-state index contributed by atoms with van der Waals surface area (Å²) in [5.74, 6) is 0. The van der Waals surface area contributed by atoms with Gasteiger partial charge in [0.2, 0.25) is 0 Å². The Morgan fingerprint density at radius 2 is 1.75 bits per heavy atom. The van der Waals surface area contributed by atoms with Crippen LogP contribution in [-0.2, 0) is 6.42 Å². The largest absolute Gasteiger partial charge is 0.0952 e. The fraction of sp³-hybridized carbons (Fsp3) is 0.125. The van der Waals surface area contributed by atoms with Crippen LogP contribution in [0.15, 0.2) is 67.1 Å². The van der Waals surface area contributed by atoms with E-state index in [2.05, 4.69) is 6.58 Å². The number of rotatable bonds is 4. The molecule has 0 amide bonds. The van der Waals surface area contributed by atoms with E-state index in [1.807, 2.05) is 30.3 Å². The number of allylic oxidation sites excluding steroid dienone is 1. The highest BCUT2D eigenvalue weighted by Crippen LogP contribution is 2.17. The molecule has 2 rings (SSSR count). The number of aryl methyl sites for hydroxylation is 1. The predicted molar refractivity (Wildman–Crippen MR) is 70.2 cm³/mol. The molecule has 0 aliphatic rings. The molecule has 0 aliphatic carbocycles. The summed E-state index contributed by atoms with van der Waals surface area (Å²) in [6.45, 7) is 3.91.